The van der Waals surface area contributed by atoms with Gasteiger partial charge in [0.05, 0.1) is 17.4 Å². The van der Waals surface area contributed by atoms with E-state index in [1.807, 2.05) is 69.2 Å². The van der Waals surface area contributed by atoms with Crippen LogP contribution < -0.4 is 0 Å². The first-order valence-electron chi connectivity index (χ1n) is 12.8. The number of hydrogen-bond donors (Lipinski definition) is 0. The quantitative estimate of drug-likeness (QED) is 0.347. The fourth-order valence-corrected chi connectivity index (χ4v) is 4.70. The Labute approximate surface area is 220 Å². The Morgan fingerprint density at radius 1 is 1.05 bits per heavy atom. The normalized spacial score (nSPS) is 14.3. The van der Waals surface area contributed by atoms with Crippen molar-refractivity contribution < 1.29 is 9.53 Å². The van der Waals surface area contributed by atoms with Crippen molar-refractivity contribution in [3.8, 4) is 11.1 Å². The van der Waals surface area contributed by atoms with Gasteiger partial charge in [-0.05, 0) is 63.6 Å². The Hall–Kier alpha value is -4.34. The Kier molecular flexibility index (Phi) is 5.81. The molecule has 6 rings (SSSR count). The summed E-state index contributed by atoms with van der Waals surface area (Å²) < 4.78 is 9.19. The molecular weight excluding hydrogens is 480 g/mol. The van der Waals surface area contributed by atoms with E-state index in [2.05, 4.69) is 43.6 Å². The Morgan fingerprint density at radius 2 is 1.89 bits per heavy atom. The highest BCUT2D eigenvalue weighted by molar-refractivity contribution is 5.84. The fourth-order valence-electron chi connectivity index (χ4n) is 4.70. The van der Waals surface area contributed by atoms with Crippen LogP contribution >= 0.6 is 0 Å². The summed E-state index contributed by atoms with van der Waals surface area (Å²) in [6.45, 7) is 9.72. The van der Waals surface area contributed by atoms with E-state index in [0.717, 1.165) is 51.3 Å². The molecule has 0 saturated carbocycles. The molecule has 0 bridgehead atoms. The summed E-state index contributed by atoms with van der Waals surface area (Å²) in [5, 5.41) is 18.7. The number of aryl methyl sites for hydroxylation is 1. The largest absolute Gasteiger partial charge is 0.444 e. The Balaban J connectivity index is 1.14. The van der Waals surface area contributed by atoms with E-state index in [1.165, 1.54) is 0 Å². The molecule has 1 amide bonds. The third-order valence-corrected chi connectivity index (χ3v) is 6.59. The molecule has 5 heterocycles. The minimum Gasteiger partial charge on any atom is -0.444 e. The summed E-state index contributed by atoms with van der Waals surface area (Å²) in [7, 11) is 0. The van der Waals surface area contributed by atoms with E-state index in [-0.39, 0.29) is 6.09 Å². The number of amides is 1. The SMILES string of the molecule is Cc1ccc2nnc(Cc3ccc4ncc(-c5cnn(CC6CN(C(=O)OC(C)(C)C)C6)c5)cc4c3)n2n1. The van der Waals surface area contributed by atoms with Crippen molar-refractivity contribution in [3.05, 3.63) is 72.1 Å². The summed E-state index contributed by atoms with van der Waals surface area (Å²) in [6, 6.07) is 12.3. The van der Waals surface area contributed by atoms with Crippen LogP contribution in [0.4, 0.5) is 4.79 Å². The number of rotatable bonds is 5. The van der Waals surface area contributed by atoms with Crippen LogP contribution in [-0.4, -0.2) is 64.3 Å². The molecule has 0 spiro atoms. The van der Waals surface area contributed by atoms with Crippen LogP contribution in [0.2, 0.25) is 0 Å². The predicted molar refractivity (Wildman–Crippen MR) is 143 cm³/mol. The second kappa shape index (κ2) is 9.20. The fraction of sp³-hybridized carbons (Fsp3) is 0.357. The Bertz CT molecular complexity index is 1640. The summed E-state index contributed by atoms with van der Waals surface area (Å²) >= 11 is 0. The average Bonchev–Trinajstić information content (AvgIpc) is 3.46. The lowest BCUT2D eigenvalue weighted by Gasteiger charge is -2.39. The van der Waals surface area contributed by atoms with Crippen LogP contribution in [0.5, 0.6) is 0 Å². The van der Waals surface area contributed by atoms with Gasteiger partial charge in [0.25, 0.3) is 0 Å². The van der Waals surface area contributed by atoms with Gasteiger partial charge in [-0.3, -0.25) is 9.67 Å². The lowest BCUT2D eigenvalue weighted by molar-refractivity contribution is -0.00383. The van der Waals surface area contributed by atoms with Crippen molar-refractivity contribution in [3.63, 3.8) is 0 Å². The zero-order valence-electron chi connectivity index (χ0n) is 22.0. The maximum absolute atomic E-state index is 12.2. The number of fused-ring (bicyclic) bond motifs is 2. The highest BCUT2D eigenvalue weighted by Crippen LogP contribution is 2.26. The molecule has 194 valence electrons. The molecule has 5 aromatic rings. The lowest BCUT2D eigenvalue weighted by atomic mass is 10.0. The third-order valence-electron chi connectivity index (χ3n) is 6.59. The second-order valence-electron chi connectivity index (χ2n) is 11.0. The van der Waals surface area contributed by atoms with Gasteiger partial charge < -0.3 is 9.64 Å². The average molecular weight is 511 g/mol. The van der Waals surface area contributed by atoms with Crippen LogP contribution in [0.3, 0.4) is 0 Å². The molecule has 1 aromatic carbocycles. The first-order valence-corrected chi connectivity index (χ1v) is 12.8. The molecule has 10 heteroatoms. The van der Waals surface area contributed by atoms with Crippen LogP contribution in [0, 0.1) is 12.8 Å². The minimum absolute atomic E-state index is 0.250. The summed E-state index contributed by atoms with van der Waals surface area (Å²) in [6.07, 6.45) is 6.17. The van der Waals surface area contributed by atoms with Gasteiger partial charge in [0, 0.05) is 60.9 Å². The van der Waals surface area contributed by atoms with Gasteiger partial charge in [0.2, 0.25) is 0 Å². The molecular formula is C28H30N8O2. The molecule has 1 saturated heterocycles. The van der Waals surface area contributed by atoms with E-state index in [0.29, 0.717) is 25.4 Å². The predicted octanol–water partition coefficient (Wildman–Crippen LogP) is 4.30. The molecule has 1 aliphatic heterocycles. The number of nitrogens with zero attached hydrogens (tertiary/aromatic N) is 8. The van der Waals surface area contributed by atoms with E-state index in [9.17, 15) is 4.79 Å². The number of carbonyl (C=O) groups excluding carboxylic acids is 1. The van der Waals surface area contributed by atoms with Crippen molar-refractivity contribution in [2.75, 3.05) is 13.1 Å². The Morgan fingerprint density at radius 3 is 2.71 bits per heavy atom. The molecule has 4 aromatic heterocycles. The van der Waals surface area contributed by atoms with Crippen LogP contribution in [0.25, 0.3) is 27.7 Å². The van der Waals surface area contributed by atoms with Crippen molar-refractivity contribution in [2.24, 2.45) is 5.92 Å². The van der Waals surface area contributed by atoms with E-state index in [4.69, 9.17) is 4.74 Å². The van der Waals surface area contributed by atoms with E-state index >= 15 is 0 Å². The zero-order valence-corrected chi connectivity index (χ0v) is 22.0. The first-order chi connectivity index (χ1) is 18.2. The lowest BCUT2D eigenvalue weighted by Crippen LogP contribution is -2.52. The van der Waals surface area contributed by atoms with Crippen LogP contribution in [-0.2, 0) is 17.7 Å². The van der Waals surface area contributed by atoms with Crippen LogP contribution in [0.15, 0.2) is 55.0 Å². The molecule has 1 aliphatic rings. The van der Waals surface area contributed by atoms with Gasteiger partial charge >= 0.3 is 6.09 Å². The van der Waals surface area contributed by atoms with E-state index in [1.54, 1.807) is 9.42 Å². The molecule has 38 heavy (non-hydrogen) atoms. The number of aromatic nitrogens is 7. The maximum atomic E-state index is 12.2. The van der Waals surface area contributed by atoms with Crippen molar-refractivity contribution >= 4 is 22.6 Å². The van der Waals surface area contributed by atoms with E-state index < -0.39 is 5.60 Å². The topological polar surface area (TPSA) is 103 Å². The van der Waals surface area contributed by atoms with Crippen molar-refractivity contribution in [1.29, 1.82) is 0 Å². The molecule has 0 N–H and O–H groups in total. The summed E-state index contributed by atoms with van der Waals surface area (Å²) in [5.74, 6) is 1.16. The molecule has 1 fully saturated rings. The number of hydrogen-bond acceptors (Lipinski definition) is 7. The van der Waals surface area contributed by atoms with Gasteiger partial charge in [-0.1, -0.05) is 6.07 Å². The number of likely N-dealkylation sites (tertiary alicyclic amines) is 1. The van der Waals surface area contributed by atoms with Crippen molar-refractivity contribution in [1.82, 2.24) is 39.5 Å². The smallest absolute Gasteiger partial charge is 0.410 e. The number of pyridine rings is 1. The van der Waals surface area contributed by atoms with Gasteiger partial charge in [0.1, 0.15) is 5.60 Å². The van der Waals surface area contributed by atoms with Gasteiger partial charge in [0.15, 0.2) is 11.5 Å². The standard InChI is InChI=1S/C28H30N8O2/c1-18-5-8-25-31-32-26(36(25)33-18)10-19-6-7-24-21(9-19)11-22(12-29-24)23-13-30-35(17-23)16-20-14-34(15-20)27(37)38-28(2,3)4/h5-9,11-13,17,20H,10,14-16H2,1-4H3. The van der Waals surface area contributed by atoms with Crippen molar-refractivity contribution in [2.45, 2.75) is 46.3 Å². The number of benzene rings is 1. The second-order valence-corrected chi connectivity index (χ2v) is 11.0. The highest BCUT2D eigenvalue weighted by atomic mass is 16.6. The molecule has 10 nitrogen and oxygen atoms in total. The van der Waals surface area contributed by atoms with Gasteiger partial charge in [-0.2, -0.15) is 14.7 Å². The zero-order chi connectivity index (χ0) is 26.4. The summed E-state index contributed by atoms with van der Waals surface area (Å²) in [5.41, 5.74) is 5.25. The highest BCUT2D eigenvalue weighted by Gasteiger charge is 2.33. The summed E-state index contributed by atoms with van der Waals surface area (Å²) in [4.78, 5) is 18.6. The molecule has 0 radical (unpaired) electrons. The minimum atomic E-state index is -0.477. The van der Waals surface area contributed by atoms with Gasteiger partial charge in [-0.15, -0.1) is 10.2 Å². The van der Waals surface area contributed by atoms with Gasteiger partial charge in [-0.25, -0.2) is 4.79 Å². The maximum Gasteiger partial charge on any atom is 0.410 e. The number of ether oxygens (including phenoxy) is 1. The molecule has 0 aliphatic carbocycles. The molecule has 0 unspecified atom stereocenters. The third kappa shape index (κ3) is 4.93. The monoisotopic (exact) mass is 510 g/mol. The number of carbonyl (C=O) groups is 1. The molecule has 0 atom stereocenters. The first kappa shape index (κ1) is 24.0. The van der Waals surface area contributed by atoms with Crippen LogP contribution in [0.1, 0.15) is 37.9 Å².